The van der Waals surface area contributed by atoms with E-state index >= 15 is 0 Å². The molecule has 0 atom stereocenters. The van der Waals surface area contributed by atoms with Gasteiger partial charge < -0.3 is 9.47 Å². The first-order valence-corrected chi connectivity index (χ1v) is 11.5. The van der Waals surface area contributed by atoms with Crippen molar-refractivity contribution in [1.29, 1.82) is 0 Å². The molecule has 0 aliphatic carbocycles. The summed E-state index contributed by atoms with van der Waals surface area (Å²) >= 11 is 6.51. The van der Waals surface area contributed by atoms with Gasteiger partial charge in [-0.3, -0.25) is 4.79 Å². The summed E-state index contributed by atoms with van der Waals surface area (Å²) in [4.78, 5) is 12.1. The van der Waals surface area contributed by atoms with Crippen molar-refractivity contribution in [3.8, 4) is 11.5 Å². The molecular formula is C28H24ClFN2O3. The molecule has 0 saturated heterocycles. The number of benzene rings is 4. The summed E-state index contributed by atoms with van der Waals surface area (Å²) in [5.41, 5.74) is 4.80. The molecule has 1 N–H and O–H groups in total. The molecule has 0 saturated carbocycles. The van der Waals surface area contributed by atoms with Crippen LogP contribution in [0.2, 0.25) is 5.02 Å². The lowest BCUT2D eigenvalue weighted by Crippen LogP contribution is -2.19. The van der Waals surface area contributed by atoms with Gasteiger partial charge >= 0.3 is 0 Å². The maximum atomic E-state index is 13.0. The number of carbonyl (C=O) groups is 1. The van der Waals surface area contributed by atoms with Crippen LogP contribution in [0.1, 0.15) is 23.6 Å². The van der Waals surface area contributed by atoms with Crippen LogP contribution in [0.25, 0.3) is 10.8 Å². The molecule has 35 heavy (non-hydrogen) atoms. The topological polar surface area (TPSA) is 59.9 Å². The summed E-state index contributed by atoms with van der Waals surface area (Å²) in [7, 11) is 0. The van der Waals surface area contributed by atoms with E-state index in [1.165, 1.54) is 18.3 Å². The number of hydrogen-bond donors (Lipinski definition) is 1. The zero-order valence-electron chi connectivity index (χ0n) is 19.1. The van der Waals surface area contributed by atoms with Crippen molar-refractivity contribution in [2.45, 2.75) is 20.0 Å². The lowest BCUT2D eigenvalue weighted by atomic mass is 10.1. The van der Waals surface area contributed by atoms with Crippen LogP contribution < -0.4 is 14.9 Å². The minimum absolute atomic E-state index is 0.0874. The number of hydrazone groups is 1. The highest BCUT2D eigenvalue weighted by molar-refractivity contribution is 6.32. The molecule has 1 amide bonds. The van der Waals surface area contributed by atoms with E-state index in [1.54, 1.807) is 24.3 Å². The van der Waals surface area contributed by atoms with Gasteiger partial charge in [0, 0.05) is 0 Å². The molecule has 5 nitrogen and oxygen atoms in total. The van der Waals surface area contributed by atoms with Crippen LogP contribution in [0.15, 0.2) is 84.0 Å². The van der Waals surface area contributed by atoms with Crippen LogP contribution in [0.3, 0.4) is 0 Å². The molecule has 0 unspecified atom stereocenters. The quantitative estimate of drug-likeness (QED) is 0.221. The molecule has 0 fully saturated rings. The fraction of sp³-hybridized carbons (Fsp3) is 0.143. The third-order valence-corrected chi connectivity index (χ3v) is 5.49. The molecule has 178 valence electrons. The average molecular weight is 491 g/mol. The Kier molecular flexibility index (Phi) is 7.95. The Hall–Kier alpha value is -3.90. The molecule has 0 heterocycles. The molecule has 0 spiro atoms. The van der Waals surface area contributed by atoms with Gasteiger partial charge in [-0.15, -0.1) is 0 Å². The lowest BCUT2D eigenvalue weighted by Gasteiger charge is -2.15. The van der Waals surface area contributed by atoms with E-state index in [2.05, 4.69) is 34.8 Å². The number of fused-ring (bicyclic) bond motifs is 1. The Balaban J connectivity index is 1.42. The van der Waals surface area contributed by atoms with Crippen molar-refractivity contribution in [2.75, 3.05) is 6.61 Å². The zero-order chi connectivity index (χ0) is 24.6. The highest BCUT2D eigenvalue weighted by Crippen LogP contribution is 2.37. The van der Waals surface area contributed by atoms with Crippen molar-refractivity contribution in [3.05, 3.63) is 106 Å². The maximum absolute atomic E-state index is 13.0. The number of nitrogens with zero attached hydrogens (tertiary/aromatic N) is 1. The van der Waals surface area contributed by atoms with E-state index in [0.29, 0.717) is 40.9 Å². The predicted molar refractivity (Wildman–Crippen MR) is 137 cm³/mol. The van der Waals surface area contributed by atoms with E-state index in [1.807, 2.05) is 25.1 Å². The Labute approximate surface area is 208 Å². The van der Waals surface area contributed by atoms with E-state index in [9.17, 15) is 9.18 Å². The second-order valence-electron chi connectivity index (χ2n) is 7.83. The molecule has 0 aliphatic heterocycles. The fourth-order valence-electron chi connectivity index (χ4n) is 3.56. The monoisotopic (exact) mass is 490 g/mol. The summed E-state index contributed by atoms with van der Waals surface area (Å²) < 4.78 is 24.8. The van der Waals surface area contributed by atoms with Crippen LogP contribution in [0.5, 0.6) is 11.5 Å². The molecule has 4 rings (SSSR count). The van der Waals surface area contributed by atoms with Gasteiger partial charge in [0.1, 0.15) is 12.4 Å². The van der Waals surface area contributed by atoms with Gasteiger partial charge in [-0.2, -0.15) is 5.10 Å². The zero-order valence-corrected chi connectivity index (χ0v) is 19.9. The first kappa shape index (κ1) is 24.2. The van der Waals surface area contributed by atoms with Gasteiger partial charge in [-0.1, -0.05) is 60.1 Å². The van der Waals surface area contributed by atoms with E-state index in [-0.39, 0.29) is 18.1 Å². The van der Waals surface area contributed by atoms with Crippen molar-refractivity contribution >= 4 is 34.5 Å². The largest absolute Gasteiger partial charge is 0.490 e. The minimum Gasteiger partial charge on any atom is -0.490 e. The maximum Gasteiger partial charge on any atom is 0.244 e. The highest BCUT2D eigenvalue weighted by Gasteiger charge is 2.13. The predicted octanol–water partition coefficient (Wildman–Crippen LogP) is 6.30. The van der Waals surface area contributed by atoms with Crippen molar-refractivity contribution in [1.82, 2.24) is 5.43 Å². The Bertz CT molecular complexity index is 1360. The van der Waals surface area contributed by atoms with Gasteiger partial charge in [0.15, 0.2) is 11.5 Å². The average Bonchev–Trinajstić information content (AvgIpc) is 2.85. The normalized spacial score (nSPS) is 11.1. The number of hydrogen-bond acceptors (Lipinski definition) is 4. The Morgan fingerprint density at radius 3 is 2.49 bits per heavy atom. The second-order valence-corrected chi connectivity index (χ2v) is 8.24. The van der Waals surface area contributed by atoms with Crippen LogP contribution in [-0.2, 0) is 17.8 Å². The van der Waals surface area contributed by atoms with Crippen LogP contribution in [0, 0.1) is 5.82 Å². The third kappa shape index (κ3) is 6.58. The van der Waals surface area contributed by atoms with Gasteiger partial charge in [-0.25, -0.2) is 9.82 Å². The summed E-state index contributed by atoms with van der Waals surface area (Å²) in [6.07, 6.45) is 1.56. The number of amides is 1. The van der Waals surface area contributed by atoms with Crippen LogP contribution >= 0.6 is 11.6 Å². The molecule has 0 radical (unpaired) electrons. The smallest absolute Gasteiger partial charge is 0.244 e. The van der Waals surface area contributed by atoms with Crippen molar-refractivity contribution in [2.24, 2.45) is 5.10 Å². The van der Waals surface area contributed by atoms with Gasteiger partial charge in [0.25, 0.3) is 0 Å². The van der Waals surface area contributed by atoms with Crippen molar-refractivity contribution in [3.63, 3.8) is 0 Å². The number of halogens is 2. The van der Waals surface area contributed by atoms with E-state index in [0.717, 1.165) is 16.3 Å². The molecule has 0 bridgehead atoms. The molecule has 4 aromatic carbocycles. The van der Waals surface area contributed by atoms with Gasteiger partial charge in [-0.05, 0) is 64.7 Å². The van der Waals surface area contributed by atoms with Gasteiger partial charge in [0.2, 0.25) is 5.91 Å². The number of carbonyl (C=O) groups excluding carboxylic acids is 1. The summed E-state index contributed by atoms with van der Waals surface area (Å²) in [6, 6.07) is 23.5. The number of ether oxygens (including phenoxy) is 2. The first-order chi connectivity index (χ1) is 17.0. The fourth-order valence-corrected chi connectivity index (χ4v) is 3.83. The van der Waals surface area contributed by atoms with Gasteiger partial charge in [0.05, 0.1) is 24.3 Å². The first-order valence-electron chi connectivity index (χ1n) is 11.1. The summed E-state index contributed by atoms with van der Waals surface area (Å²) in [5.74, 6) is 0.261. The number of nitrogens with one attached hydrogen (secondary N) is 1. The van der Waals surface area contributed by atoms with Crippen LogP contribution in [0.4, 0.5) is 4.39 Å². The SMILES string of the molecule is CCOc1cc(/C=N/NC(=O)Cc2ccc(F)cc2)cc(Cl)c1OCc1ccc2ccccc2c1. The minimum atomic E-state index is -0.348. The standard InChI is InChI=1S/C28H24ClFN2O3/c1-2-34-26-15-21(17-31-32-27(33)16-19-8-11-24(30)12-9-19)14-25(29)28(26)35-18-20-7-10-22-5-3-4-6-23(22)13-20/h3-15,17H,2,16,18H2,1H3,(H,32,33)/b31-17+. The molecule has 7 heteroatoms. The van der Waals surface area contributed by atoms with Crippen LogP contribution in [-0.4, -0.2) is 18.7 Å². The van der Waals surface area contributed by atoms with E-state index in [4.69, 9.17) is 21.1 Å². The van der Waals surface area contributed by atoms with Crippen molar-refractivity contribution < 1.29 is 18.7 Å². The summed E-state index contributed by atoms with van der Waals surface area (Å²) in [5, 5.41) is 6.67. The third-order valence-electron chi connectivity index (χ3n) is 5.21. The Morgan fingerprint density at radius 2 is 1.71 bits per heavy atom. The second kappa shape index (κ2) is 11.5. The molecule has 0 aromatic heterocycles. The molecular weight excluding hydrogens is 467 g/mol. The highest BCUT2D eigenvalue weighted by atomic mass is 35.5. The molecule has 0 aliphatic rings. The number of rotatable bonds is 9. The lowest BCUT2D eigenvalue weighted by molar-refractivity contribution is -0.120. The van der Waals surface area contributed by atoms with E-state index < -0.39 is 0 Å². The summed E-state index contributed by atoms with van der Waals surface area (Å²) in [6.45, 7) is 2.63. The Morgan fingerprint density at radius 1 is 0.971 bits per heavy atom. The molecule has 4 aromatic rings.